The molecule has 2 N–H and O–H groups in total. The number of halogens is 3. The predicted octanol–water partition coefficient (Wildman–Crippen LogP) is 4.54. The van der Waals surface area contributed by atoms with Gasteiger partial charge in [0.1, 0.15) is 22.8 Å². The van der Waals surface area contributed by atoms with Crippen molar-refractivity contribution in [2.24, 2.45) is 5.41 Å². The Labute approximate surface area is 160 Å². The fourth-order valence-electron chi connectivity index (χ4n) is 2.18. The number of ether oxygens (including phenoxy) is 1. The summed E-state index contributed by atoms with van der Waals surface area (Å²) < 4.78 is 31.9. The molecule has 0 unspecified atom stereocenters. The van der Waals surface area contributed by atoms with Gasteiger partial charge in [0, 0.05) is 17.2 Å². The fraction of sp³-hybridized carbons (Fsp3) is 0.263. The van der Waals surface area contributed by atoms with E-state index < -0.39 is 28.9 Å². The smallest absolute Gasteiger partial charge is 0.239 e. The number of rotatable bonds is 5. The number of hydrogen-bond donors (Lipinski definition) is 2. The van der Waals surface area contributed by atoms with Crippen LogP contribution in [0.25, 0.3) is 0 Å². The number of amides is 2. The second-order valence-corrected chi connectivity index (χ2v) is 6.87. The highest BCUT2D eigenvalue weighted by Crippen LogP contribution is 2.32. The van der Waals surface area contributed by atoms with Crippen LogP contribution in [0.3, 0.4) is 0 Å². The van der Waals surface area contributed by atoms with Crippen molar-refractivity contribution < 1.29 is 23.1 Å². The van der Waals surface area contributed by atoms with Crippen LogP contribution in [0.4, 0.5) is 20.2 Å². The number of carbonyl (C=O) groups excluding carboxylic acids is 2. The molecule has 2 aromatic rings. The molecular formula is C19H19ClF2N2O3. The molecular weight excluding hydrogens is 378 g/mol. The van der Waals surface area contributed by atoms with Crippen LogP contribution in [0.5, 0.6) is 5.75 Å². The van der Waals surface area contributed by atoms with E-state index in [-0.39, 0.29) is 5.69 Å². The molecule has 0 heterocycles. The average Bonchev–Trinajstić information content (AvgIpc) is 2.60. The van der Waals surface area contributed by atoms with Gasteiger partial charge in [-0.3, -0.25) is 9.59 Å². The molecule has 0 aliphatic heterocycles. The maximum absolute atomic E-state index is 13.7. The van der Waals surface area contributed by atoms with Crippen molar-refractivity contribution >= 4 is 34.8 Å². The molecule has 0 aliphatic rings. The van der Waals surface area contributed by atoms with E-state index in [4.69, 9.17) is 16.3 Å². The van der Waals surface area contributed by atoms with Crippen LogP contribution in [0, 0.1) is 24.0 Å². The first-order valence-electron chi connectivity index (χ1n) is 7.98. The number of hydrogen-bond acceptors (Lipinski definition) is 3. The van der Waals surface area contributed by atoms with Crippen LogP contribution in [0.1, 0.15) is 19.4 Å². The summed E-state index contributed by atoms with van der Waals surface area (Å²) in [5, 5.41) is 5.39. The van der Waals surface area contributed by atoms with E-state index in [1.165, 1.54) is 21.0 Å². The molecule has 144 valence electrons. The molecule has 0 bridgehead atoms. The summed E-state index contributed by atoms with van der Waals surface area (Å²) in [6.45, 7) is 4.52. The molecule has 0 radical (unpaired) electrons. The molecule has 0 saturated carbocycles. The Morgan fingerprint density at radius 1 is 1.04 bits per heavy atom. The zero-order chi connectivity index (χ0) is 20.4. The first-order chi connectivity index (χ1) is 12.6. The van der Waals surface area contributed by atoms with E-state index in [1.807, 2.05) is 0 Å². The SMILES string of the molecule is COc1cc(Cl)c(C)cc1NC(=O)C(C)(C)C(=O)Nc1ccc(F)cc1F. The Balaban J connectivity index is 2.21. The third kappa shape index (κ3) is 4.54. The van der Waals surface area contributed by atoms with Crippen LogP contribution < -0.4 is 15.4 Å². The normalized spacial score (nSPS) is 11.1. The van der Waals surface area contributed by atoms with Crippen LogP contribution in [-0.4, -0.2) is 18.9 Å². The minimum absolute atomic E-state index is 0.220. The molecule has 5 nitrogen and oxygen atoms in total. The molecule has 2 amide bonds. The topological polar surface area (TPSA) is 67.4 Å². The molecule has 0 aromatic heterocycles. The quantitative estimate of drug-likeness (QED) is 0.729. The van der Waals surface area contributed by atoms with E-state index in [1.54, 1.807) is 19.1 Å². The van der Waals surface area contributed by atoms with Crippen molar-refractivity contribution in [3.8, 4) is 5.75 Å². The van der Waals surface area contributed by atoms with Gasteiger partial charge in [-0.2, -0.15) is 0 Å². The van der Waals surface area contributed by atoms with Crippen molar-refractivity contribution in [3.05, 3.63) is 52.6 Å². The first kappa shape index (κ1) is 20.6. The number of anilines is 2. The Hall–Kier alpha value is -2.67. The van der Waals surface area contributed by atoms with E-state index >= 15 is 0 Å². The molecule has 2 aromatic carbocycles. The molecule has 0 spiro atoms. The number of nitrogens with one attached hydrogen (secondary N) is 2. The van der Waals surface area contributed by atoms with Crippen LogP contribution in [0.2, 0.25) is 5.02 Å². The fourth-order valence-corrected chi connectivity index (χ4v) is 2.33. The third-order valence-corrected chi connectivity index (χ3v) is 4.45. The van der Waals surface area contributed by atoms with E-state index in [2.05, 4.69) is 10.6 Å². The van der Waals surface area contributed by atoms with Gasteiger partial charge in [0.25, 0.3) is 0 Å². The standard InChI is InChI=1S/C19H19ClF2N2O3/c1-10-7-15(16(27-4)9-12(10)20)24-18(26)19(2,3)17(25)23-14-6-5-11(21)8-13(14)22/h5-9H,1-4H3,(H,23,25)(H,24,26). The summed E-state index contributed by atoms with van der Waals surface area (Å²) in [7, 11) is 1.42. The van der Waals surface area contributed by atoms with Crippen molar-refractivity contribution in [2.75, 3.05) is 17.7 Å². The molecule has 8 heteroatoms. The minimum Gasteiger partial charge on any atom is -0.495 e. The minimum atomic E-state index is -1.56. The zero-order valence-corrected chi connectivity index (χ0v) is 16.0. The van der Waals surface area contributed by atoms with Crippen molar-refractivity contribution in [3.63, 3.8) is 0 Å². The average molecular weight is 397 g/mol. The highest BCUT2D eigenvalue weighted by atomic mass is 35.5. The zero-order valence-electron chi connectivity index (χ0n) is 15.2. The highest BCUT2D eigenvalue weighted by molar-refractivity contribution is 6.31. The molecule has 0 fully saturated rings. The second-order valence-electron chi connectivity index (χ2n) is 6.46. The summed E-state index contributed by atoms with van der Waals surface area (Å²) in [5.74, 6) is -2.76. The van der Waals surface area contributed by atoms with Crippen LogP contribution in [-0.2, 0) is 9.59 Å². The van der Waals surface area contributed by atoms with Gasteiger partial charge in [-0.05, 0) is 44.5 Å². The number of methoxy groups -OCH3 is 1. The van der Waals surface area contributed by atoms with E-state index in [9.17, 15) is 18.4 Å². The maximum atomic E-state index is 13.7. The summed E-state index contributed by atoms with van der Waals surface area (Å²) >= 11 is 6.04. The Morgan fingerprint density at radius 2 is 1.63 bits per heavy atom. The first-order valence-corrected chi connectivity index (χ1v) is 8.36. The van der Waals surface area contributed by atoms with Gasteiger partial charge in [-0.1, -0.05) is 11.6 Å². The summed E-state index contributed by atoms with van der Waals surface area (Å²) in [6, 6.07) is 5.90. The molecule has 2 rings (SSSR count). The van der Waals surface area contributed by atoms with Gasteiger partial charge in [-0.15, -0.1) is 0 Å². The third-order valence-electron chi connectivity index (χ3n) is 4.04. The van der Waals surface area contributed by atoms with Gasteiger partial charge < -0.3 is 15.4 Å². The number of aryl methyl sites for hydroxylation is 1. The lowest BCUT2D eigenvalue weighted by atomic mass is 9.90. The highest BCUT2D eigenvalue weighted by Gasteiger charge is 2.37. The Kier molecular flexibility index (Phi) is 6.05. The van der Waals surface area contributed by atoms with Crippen molar-refractivity contribution in [2.45, 2.75) is 20.8 Å². The Morgan fingerprint density at radius 3 is 2.19 bits per heavy atom. The van der Waals surface area contributed by atoms with Gasteiger partial charge in [0.05, 0.1) is 18.5 Å². The number of benzene rings is 2. The van der Waals surface area contributed by atoms with Gasteiger partial charge >= 0.3 is 0 Å². The van der Waals surface area contributed by atoms with E-state index in [0.717, 1.165) is 12.1 Å². The Bertz CT molecular complexity index is 901. The lowest BCUT2D eigenvalue weighted by Gasteiger charge is -2.23. The number of carbonyl (C=O) groups is 2. The maximum Gasteiger partial charge on any atom is 0.239 e. The second kappa shape index (κ2) is 7.92. The van der Waals surface area contributed by atoms with Crippen molar-refractivity contribution in [1.29, 1.82) is 0 Å². The lowest BCUT2D eigenvalue weighted by molar-refractivity contribution is -0.135. The van der Waals surface area contributed by atoms with Crippen LogP contribution >= 0.6 is 11.6 Å². The molecule has 27 heavy (non-hydrogen) atoms. The summed E-state index contributed by atoms with van der Waals surface area (Å²) in [6.07, 6.45) is 0. The molecule has 0 atom stereocenters. The van der Waals surface area contributed by atoms with Crippen molar-refractivity contribution in [1.82, 2.24) is 0 Å². The summed E-state index contributed by atoms with van der Waals surface area (Å²) in [4.78, 5) is 25.1. The van der Waals surface area contributed by atoms with E-state index in [0.29, 0.717) is 28.1 Å². The van der Waals surface area contributed by atoms with Gasteiger partial charge in [0.2, 0.25) is 11.8 Å². The predicted molar refractivity (Wildman–Crippen MR) is 100 cm³/mol. The van der Waals surface area contributed by atoms with Gasteiger partial charge in [-0.25, -0.2) is 8.78 Å². The summed E-state index contributed by atoms with van der Waals surface area (Å²) in [5.41, 5.74) is -0.719. The van der Waals surface area contributed by atoms with Crippen LogP contribution in [0.15, 0.2) is 30.3 Å². The molecule has 0 aliphatic carbocycles. The molecule has 0 saturated heterocycles. The lowest BCUT2D eigenvalue weighted by Crippen LogP contribution is -2.41. The monoisotopic (exact) mass is 396 g/mol. The largest absolute Gasteiger partial charge is 0.495 e. The van der Waals surface area contributed by atoms with Gasteiger partial charge in [0.15, 0.2) is 0 Å².